The van der Waals surface area contributed by atoms with Crippen LogP contribution in [0.4, 0.5) is 11.4 Å². The van der Waals surface area contributed by atoms with Crippen LogP contribution in [0, 0.1) is 10.1 Å². The Bertz CT molecular complexity index is 1300. The van der Waals surface area contributed by atoms with Crippen LogP contribution in [0.1, 0.15) is 39.2 Å². The van der Waals surface area contributed by atoms with Gasteiger partial charge in [-0.2, -0.15) is 0 Å². The van der Waals surface area contributed by atoms with Gasteiger partial charge < -0.3 is 24.8 Å². The van der Waals surface area contributed by atoms with Gasteiger partial charge in [-0.3, -0.25) is 14.9 Å². The Labute approximate surface area is 219 Å². The normalized spacial score (nSPS) is 14.9. The number of nitrogens with one attached hydrogen (secondary N) is 2. The van der Waals surface area contributed by atoms with Crippen LogP contribution in [0.15, 0.2) is 71.1 Å². The van der Waals surface area contributed by atoms with Crippen molar-refractivity contribution in [1.29, 1.82) is 0 Å². The molecule has 0 spiro atoms. The highest BCUT2D eigenvalue weighted by Crippen LogP contribution is 2.42. The van der Waals surface area contributed by atoms with Crippen LogP contribution in [0.2, 0.25) is 0 Å². The Balaban J connectivity index is 1.82. The second kappa shape index (κ2) is 12.5. The third kappa shape index (κ3) is 6.55. The number of benzene rings is 2. The number of dihydropyridines is 1. The second-order valence-corrected chi connectivity index (χ2v) is 8.36. The summed E-state index contributed by atoms with van der Waals surface area (Å²) in [5.74, 6) is -2.21. The monoisotopic (exact) mass is 523 g/mol. The van der Waals surface area contributed by atoms with Gasteiger partial charge in [0.15, 0.2) is 0 Å². The molecule has 1 amide bonds. The zero-order valence-electron chi connectivity index (χ0n) is 21.5. The molecule has 11 heteroatoms. The Morgan fingerprint density at radius 3 is 2.13 bits per heavy atom. The highest BCUT2D eigenvalue weighted by Gasteiger charge is 2.40. The average Bonchev–Trinajstić information content (AvgIpc) is 2.86. The van der Waals surface area contributed by atoms with Crippen molar-refractivity contribution in [1.82, 2.24) is 5.32 Å². The molecule has 0 aliphatic carbocycles. The van der Waals surface area contributed by atoms with Crippen LogP contribution < -0.4 is 15.4 Å². The quantitative estimate of drug-likeness (QED) is 0.204. The molecule has 1 heterocycles. The highest BCUT2D eigenvalue weighted by atomic mass is 16.6. The Morgan fingerprint density at radius 1 is 0.947 bits per heavy atom. The Kier molecular flexibility index (Phi) is 9.20. The van der Waals surface area contributed by atoms with Crippen molar-refractivity contribution in [2.45, 2.75) is 33.6 Å². The number of rotatable bonds is 10. The maximum Gasteiger partial charge on any atom is 0.336 e. The summed E-state index contributed by atoms with van der Waals surface area (Å²) in [4.78, 5) is 48.6. The van der Waals surface area contributed by atoms with Crippen molar-refractivity contribution in [3.8, 4) is 5.75 Å². The lowest BCUT2D eigenvalue weighted by Crippen LogP contribution is -2.33. The minimum Gasteiger partial charge on any atom is -0.490 e. The van der Waals surface area contributed by atoms with Gasteiger partial charge >= 0.3 is 11.9 Å². The maximum absolute atomic E-state index is 13.3. The topological polar surface area (TPSA) is 146 Å². The van der Waals surface area contributed by atoms with E-state index in [2.05, 4.69) is 10.6 Å². The van der Waals surface area contributed by atoms with E-state index in [0.717, 1.165) is 0 Å². The number of para-hydroxylation sites is 1. The summed E-state index contributed by atoms with van der Waals surface area (Å²) in [6, 6.07) is 12.6. The lowest BCUT2D eigenvalue weighted by atomic mass is 9.79. The fraction of sp³-hybridized carbons (Fsp3) is 0.296. The minimum atomic E-state index is -1.08. The molecular weight excluding hydrogens is 494 g/mol. The predicted octanol–water partition coefficient (Wildman–Crippen LogP) is 3.97. The minimum absolute atomic E-state index is 0.0285. The van der Waals surface area contributed by atoms with Crippen LogP contribution >= 0.6 is 0 Å². The number of hydrogen-bond donors (Lipinski definition) is 2. The summed E-state index contributed by atoms with van der Waals surface area (Å²) >= 11 is 0. The van der Waals surface area contributed by atoms with Gasteiger partial charge in [0.1, 0.15) is 19.0 Å². The number of amides is 1. The van der Waals surface area contributed by atoms with Crippen LogP contribution in [0.3, 0.4) is 0 Å². The van der Waals surface area contributed by atoms with Crippen molar-refractivity contribution >= 4 is 29.2 Å². The fourth-order valence-electron chi connectivity index (χ4n) is 4.16. The van der Waals surface area contributed by atoms with Crippen molar-refractivity contribution in [2.24, 2.45) is 0 Å². The number of carbonyl (C=O) groups is 3. The number of anilines is 1. The number of nitro groups is 1. The zero-order valence-corrected chi connectivity index (χ0v) is 21.5. The number of carbonyl (C=O) groups excluding carboxylic acids is 3. The van der Waals surface area contributed by atoms with E-state index in [4.69, 9.17) is 14.2 Å². The first-order valence-corrected chi connectivity index (χ1v) is 11.9. The van der Waals surface area contributed by atoms with Gasteiger partial charge in [0.2, 0.25) is 5.91 Å². The maximum atomic E-state index is 13.3. The predicted molar refractivity (Wildman–Crippen MR) is 138 cm³/mol. The third-order valence-electron chi connectivity index (χ3n) is 5.68. The highest BCUT2D eigenvalue weighted by molar-refractivity contribution is 6.00. The van der Waals surface area contributed by atoms with Gasteiger partial charge in [-0.05, 0) is 45.0 Å². The van der Waals surface area contributed by atoms with E-state index in [1.165, 1.54) is 25.1 Å². The van der Waals surface area contributed by atoms with Crippen molar-refractivity contribution < 1.29 is 33.5 Å². The molecule has 1 aliphatic rings. The first-order valence-electron chi connectivity index (χ1n) is 11.9. The molecule has 2 aromatic carbocycles. The van der Waals surface area contributed by atoms with E-state index < -0.39 is 22.8 Å². The molecule has 0 fully saturated rings. The molecule has 0 unspecified atom stereocenters. The SMILES string of the molecule is CCOC(=O)C1=C(C)NC(C)=C(C(=O)OCCOc2ccc(NC(C)=O)cc2)[C@@H]1c1ccccc1[N+](=O)[O-]. The molecule has 2 aromatic rings. The fourth-order valence-corrected chi connectivity index (χ4v) is 4.16. The van der Waals surface area contributed by atoms with E-state index in [1.807, 2.05) is 0 Å². The molecular formula is C27H29N3O8. The molecule has 200 valence electrons. The molecule has 2 N–H and O–H groups in total. The number of ether oxygens (including phenoxy) is 3. The van der Waals surface area contributed by atoms with Gasteiger partial charge in [0.05, 0.1) is 28.6 Å². The molecule has 38 heavy (non-hydrogen) atoms. The smallest absolute Gasteiger partial charge is 0.336 e. The number of nitro benzene ring substituents is 1. The number of hydrogen-bond acceptors (Lipinski definition) is 9. The number of esters is 2. The lowest BCUT2D eigenvalue weighted by molar-refractivity contribution is -0.385. The molecule has 0 saturated carbocycles. The standard InChI is InChI=1S/C27H29N3O8/c1-5-36-26(32)23-16(2)28-17(3)24(25(23)21-8-6-7-9-22(21)30(34)35)27(33)38-15-14-37-20-12-10-19(11-13-20)29-18(4)31/h6-13,25,28H,5,14-15H2,1-4H3,(H,29,31)/t25-/m1/s1. The van der Waals surface area contributed by atoms with Crippen LogP contribution in [0.5, 0.6) is 5.75 Å². The van der Waals surface area contributed by atoms with Crippen molar-refractivity contribution in [2.75, 3.05) is 25.1 Å². The summed E-state index contributed by atoms with van der Waals surface area (Å²) in [6.45, 7) is 6.33. The van der Waals surface area contributed by atoms with Crippen LogP contribution in [-0.4, -0.2) is 42.6 Å². The summed E-state index contributed by atoms with van der Waals surface area (Å²) in [6.07, 6.45) is 0. The first kappa shape index (κ1) is 27.9. The second-order valence-electron chi connectivity index (χ2n) is 8.36. The molecule has 0 aromatic heterocycles. The van der Waals surface area contributed by atoms with Gasteiger partial charge in [0, 0.05) is 35.6 Å². The van der Waals surface area contributed by atoms with Crippen LogP contribution in [0.25, 0.3) is 0 Å². The number of allylic oxidation sites excluding steroid dienone is 2. The molecule has 0 saturated heterocycles. The average molecular weight is 524 g/mol. The van der Waals surface area contributed by atoms with E-state index in [1.54, 1.807) is 51.1 Å². The van der Waals surface area contributed by atoms with Gasteiger partial charge in [-0.25, -0.2) is 9.59 Å². The molecule has 0 radical (unpaired) electrons. The van der Waals surface area contributed by atoms with Crippen LogP contribution in [-0.2, 0) is 23.9 Å². The van der Waals surface area contributed by atoms with Gasteiger partial charge in [0.25, 0.3) is 5.69 Å². The molecule has 3 rings (SSSR count). The molecule has 1 aliphatic heterocycles. The van der Waals surface area contributed by atoms with Gasteiger partial charge in [-0.15, -0.1) is 0 Å². The Hall–Kier alpha value is -4.67. The molecule has 1 atom stereocenters. The van der Waals surface area contributed by atoms with E-state index in [-0.39, 0.29) is 48.1 Å². The van der Waals surface area contributed by atoms with Gasteiger partial charge in [-0.1, -0.05) is 18.2 Å². The molecule has 0 bridgehead atoms. The Morgan fingerprint density at radius 2 is 1.55 bits per heavy atom. The summed E-state index contributed by atoms with van der Waals surface area (Å²) in [5, 5.41) is 17.5. The summed E-state index contributed by atoms with van der Waals surface area (Å²) in [5.41, 5.74) is 1.53. The lowest BCUT2D eigenvalue weighted by Gasteiger charge is -2.30. The summed E-state index contributed by atoms with van der Waals surface area (Å²) < 4.78 is 16.3. The molecule has 11 nitrogen and oxygen atoms in total. The third-order valence-corrected chi connectivity index (χ3v) is 5.68. The van der Waals surface area contributed by atoms with Crippen molar-refractivity contribution in [3.05, 3.63) is 86.7 Å². The van der Waals surface area contributed by atoms with E-state index >= 15 is 0 Å². The zero-order chi connectivity index (χ0) is 27.8. The first-order chi connectivity index (χ1) is 18.1. The largest absolute Gasteiger partial charge is 0.490 e. The van der Waals surface area contributed by atoms with E-state index in [9.17, 15) is 24.5 Å². The van der Waals surface area contributed by atoms with E-state index in [0.29, 0.717) is 22.8 Å². The number of nitrogens with zero attached hydrogens (tertiary/aromatic N) is 1. The summed E-state index contributed by atoms with van der Waals surface area (Å²) in [7, 11) is 0. The van der Waals surface area contributed by atoms with Crippen molar-refractivity contribution in [3.63, 3.8) is 0 Å².